The number of alkyl halides is 5. The summed E-state index contributed by atoms with van der Waals surface area (Å²) in [7, 11) is -6.32. The molecule has 0 aliphatic heterocycles. The van der Waals surface area contributed by atoms with E-state index in [4.69, 9.17) is 4.55 Å². The van der Waals surface area contributed by atoms with Gasteiger partial charge in [0.15, 0.2) is 0 Å². The molecule has 4 aliphatic rings. The van der Waals surface area contributed by atoms with Crippen LogP contribution in [0.3, 0.4) is 0 Å². The monoisotopic (exact) mass is 378 g/mol. The molecule has 0 aromatic heterocycles. The predicted octanol–water partition coefficient (Wildman–Crippen LogP) is 2.56. The number of carbonyl (C=O) groups excluding carboxylic acids is 1. The van der Waals surface area contributed by atoms with Crippen LogP contribution in [-0.4, -0.2) is 41.9 Å². The first-order chi connectivity index (χ1) is 10.8. The Balaban J connectivity index is 1.93. The maximum atomic E-state index is 13.7. The van der Waals surface area contributed by atoms with Crippen LogP contribution >= 0.6 is 0 Å². The van der Waals surface area contributed by atoms with E-state index in [0.29, 0.717) is 12.8 Å². The normalized spacial score (nSPS) is 37.8. The first-order valence-electron chi connectivity index (χ1n) is 7.38. The molecular formula is C13H15F5O5S. The molecular weight excluding hydrogens is 363 g/mol. The van der Waals surface area contributed by atoms with Crippen molar-refractivity contribution < 1.29 is 44.5 Å². The van der Waals surface area contributed by atoms with E-state index in [-0.39, 0.29) is 31.0 Å². The lowest BCUT2D eigenvalue weighted by atomic mass is 9.53. The average Bonchev–Trinajstić information content (AvgIpc) is 2.38. The van der Waals surface area contributed by atoms with Crippen LogP contribution in [0.5, 0.6) is 0 Å². The highest BCUT2D eigenvalue weighted by atomic mass is 32.2. The van der Waals surface area contributed by atoms with Crippen LogP contribution < -0.4 is 0 Å². The van der Waals surface area contributed by atoms with Gasteiger partial charge in [0.05, 0.1) is 5.60 Å². The number of Topliss-reactive ketones (excluding diaryl/α,β-unsaturated/α-hetero) is 1. The summed E-state index contributed by atoms with van der Waals surface area (Å²) in [6.45, 7) is 0. The van der Waals surface area contributed by atoms with E-state index in [1.807, 2.05) is 0 Å². The number of hydrogen-bond acceptors (Lipinski definition) is 4. The second-order valence-electron chi connectivity index (χ2n) is 7.01. The van der Waals surface area contributed by atoms with Crippen molar-refractivity contribution in [3.05, 3.63) is 0 Å². The molecule has 4 bridgehead atoms. The molecule has 11 heteroatoms. The van der Waals surface area contributed by atoms with E-state index >= 15 is 0 Å². The van der Waals surface area contributed by atoms with Gasteiger partial charge in [-0.25, -0.2) is 0 Å². The Labute approximate surface area is 134 Å². The zero-order valence-electron chi connectivity index (χ0n) is 12.2. The highest BCUT2D eigenvalue weighted by molar-refractivity contribution is 7.86. The maximum absolute atomic E-state index is 13.7. The van der Waals surface area contributed by atoms with Crippen molar-refractivity contribution in [3.8, 4) is 0 Å². The van der Waals surface area contributed by atoms with Crippen LogP contribution in [-0.2, 0) is 19.6 Å². The number of halogens is 5. The summed E-state index contributed by atoms with van der Waals surface area (Å²) in [5.74, 6) is -1.27. The van der Waals surface area contributed by atoms with Crippen LogP contribution in [0.25, 0.3) is 0 Å². The predicted molar refractivity (Wildman–Crippen MR) is 68.7 cm³/mol. The van der Waals surface area contributed by atoms with Gasteiger partial charge in [-0.05, 0) is 38.0 Å². The van der Waals surface area contributed by atoms with Crippen molar-refractivity contribution in [2.24, 2.45) is 17.8 Å². The van der Waals surface area contributed by atoms with Gasteiger partial charge in [0.1, 0.15) is 5.78 Å². The van der Waals surface area contributed by atoms with Crippen molar-refractivity contribution in [2.75, 3.05) is 0 Å². The Morgan fingerprint density at radius 1 is 1.08 bits per heavy atom. The lowest BCUT2D eigenvalue weighted by Gasteiger charge is -2.56. The Morgan fingerprint density at radius 3 is 2.00 bits per heavy atom. The molecule has 4 rings (SSSR count). The zero-order valence-corrected chi connectivity index (χ0v) is 13.0. The summed E-state index contributed by atoms with van der Waals surface area (Å²) in [6.07, 6.45) is -8.89. The first kappa shape index (κ1) is 18.0. The summed E-state index contributed by atoms with van der Waals surface area (Å²) in [6, 6.07) is 0. The topological polar surface area (TPSA) is 80.7 Å². The first-order valence-corrected chi connectivity index (χ1v) is 8.82. The van der Waals surface area contributed by atoms with Crippen molar-refractivity contribution in [3.63, 3.8) is 0 Å². The molecule has 138 valence electrons. The van der Waals surface area contributed by atoms with Crippen molar-refractivity contribution in [1.29, 1.82) is 0 Å². The van der Waals surface area contributed by atoms with Gasteiger partial charge in [-0.2, -0.15) is 30.4 Å². The third kappa shape index (κ3) is 2.74. The van der Waals surface area contributed by atoms with Gasteiger partial charge >= 0.3 is 21.5 Å². The SMILES string of the molecule is O=C1C2CC3CC1CC(OC(C(F)(F)F)C(F)(F)S(=O)(=O)O)(C3)C2. The summed E-state index contributed by atoms with van der Waals surface area (Å²) in [5, 5.41) is -5.53. The van der Waals surface area contributed by atoms with E-state index in [9.17, 15) is 35.2 Å². The molecule has 3 atom stereocenters. The van der Waals surface area contributed by atoms with Gasteiger partial charge in [0.2, 0.25) is 6.10 Å². The Morgan fingerprint density at radius 2 is 1.58 bits per heavy atom. The van der Waals surface area contributed by atoms with Gasteiger partial charge < -0.3 is 4.74 Å². The Bertz CT molecular complexity index is 640. The quantitative estimate of drug-likeness (QED) is 0.601. The number of ketones is 1. The van der Waals surface area contributed by atoms with Gasteiger partial charge in [0.25, 0.3) is 0 Å². The number of hydrogen-bond donors (Lipinski definition) is 1. The van der Waals surface area contributed by atoms with Crippen molar-refractivity contribution >= 4 is 15.9 Å². The van der Waals surface area contributed by atoms with Crippen LogP contribution in [0, 0.1) is 17.8 Å². The third-order valence-corrected chi connectivity index (χ3v) is 6.15. The minimum atomic E-state index is -6.32. The molecule has 0 aromatic rings. The minimum absolute atomic E-state index is 0.0708. The molecule has 0 aromatic carbocycles. The van der Waals surface area contributed by atoms with Gasteiger partial charge in [0, 0.05) is 11.8 Å². The standard InChI is InChI=1S/C13H15F5O5S/c14-12(15,16)10(13(17,18)24(20,21)22)23-11-3-6-1-7(4-11)9(19)8(2-6)5-11/h6-8,10H,1-5H2,(H,20,21,22). The molecule has 4 saturated carbocycles. The smallest absolute Gasteiger partial charge is 0.356 e. The average molecular weight is 378 g/mol. The number of carbonyl (C=O) groups is 1. The Hall–Kier alpha value is -0.810. The molecule has 0 spiro atoms. The fourth-order valence-corrected chi connectivity index (χ4v) is 4.98. The molecule has 5 nitrogen and oxygen atoms in total. The molecule has 4 fully saturated rings. The Kier molecular flexibility index (Phi) is 3.83. The molecule has 1 N–H and O–H groups in total. The fraction of sp³-hybridized carbons (Fsp3) is 0.923. The van der Waals surface area contributed by atoms with Crippen molar-refractivity contribution in [1.82, 2.24) is 0 Å². The van der Waals surface area contributed by atoms with E-state index in [2.05, 4.69) is 4.74 Å². The van der Waals surface area contributed by atoms with Crippen molar-refractivity contribution in [2.45, 2.75) is 55.2 Å². The lowest BCUT2D eigenvalue weighted by molar-refractivity contribution is -0.310. The summed E-state index contributed by atoms with van der Waals surface area (Å²) < 4.78 is 101. The highest BCUT2D eigenvalue weighted by Gasteiger charge is 2.68. The summed E-state index contributed by atoms with van der Waals surface area (Å²) in [5.41, 5.74) is -1.61. The highest BCUT2D eigenvalue weighted by Crippen LogP contribution is 2.57. The van der Waals surface area contributed by atoms with Gasteiger partial charge in [-0.3, -0.25) is 9.35 Å². The molecule has 4 aliphatic carbocycles. The summed E-state index contributed by atoms with van der Waals surface area (Å²) >= 11 is 0. The molecule has 3 unspecified atom stereocenters. The molecule has 0 saturated heterocycles. The lowest BCUT2D eigenvalue weighted by Crippen LogP contribution is -2.61. The minimum Gasteiger partial charge on any atom is -0.356 e. The number of ether oxygens (including phenoxy) is 1. The van der Waals surface area contributed by atoms with Crippen LogP contribution in [0.2, 0.25) is 0 Å². The van der Waals surface area contributed by atoms with Gasteiger partial charge in [-0.1, -0.05) is 0 Å². The van der Waals surface area contributed by atoms with E-state index in [0.717, 1.165) is 0 Å². The number of rotatable bonds is 4. The van der Waals surface area contributed by atoms with E-state index in [1.165, 1.54) is 0 Å². The van der Waals surface area contributed by atoms with Crippen LogP contribution in [0.1, 0.15) is 32.1 Å². The van der Waals surface area contributed by atoms with E-state index in [1.54, 1.807) is 0 Å². The molecule has 0 heterocycles. The zero-order chi connectivity index (χ0) is 18.1. The summed E-state index contributed by atoms with van der Waals surface area (Å²) in [4.78, 5) is 12.0. The molecule has 24 heavy (non-hydrogen) atoms. The maximum Gasteiger partial charge on any atom is 0.421 e. The second kappa shape index (κ2) is 5.10. The van der Waals surface area contributed by atoms with Crippen LogP contribution in [0.4, 0.5) is 22.0 Å². The largest absolute Gasteiger partial charge is 0.421 e. The van der Waals surface area contributed by atoms with Crippen LogP contribution in [0.15, 0.2) is 0 Å². The fourth-order valence-electron chi connectivity index (χ4n) is 4.53. The molecule has 0 amide bonds. The van der Waals surface area contributed by atoms with E-state index < -0.39 is 45.1 Å². The third-order valence-electron chi connectivity index (χ3n) is 5.25. The van der Waals surface area contributed by atoms with Gasteiger partial charge in [-0.15, -0.1) is 0 Å². The second-order valence-corrected chi connectivity index (χ2v) is 8.50. The molecule has 0 radical (unpaired) electrons.